The molecule has 3 fully saturated rings. The number of rotatable bonds is 7. The normalized spacial score (nSPS) is 23.9. The number of benzene rings is 1. The highest BCUT2D eigenvalue weighted by atomic mass is 35.5. The van der Waals surface area contributed by atoms with Gasteiger partial charge in [-0.3, -0.25) is 4.79 Å². The number of carbonyl (C=O) groups is 1. The summed E-state index contributed by atoms with van der Waals surface area (Å²) in [6.07, 6.45) is 4.70. The number of likely N-dealkylation sites (tertiary alicyclic amines) is 1. The molecule has 6 heteroatoms. The molecule has 0 bridgehead atoms. The number of carbonyl (C=O) groups excluding carboxylic acids is 1. The molecule has 0 aromatic heterocycles. The Bertz CT molecular complexity index is 670. The fourth-order valence-corrected chi connectivity index (χ4v) is 4.21. The average molecular weight is 380 g/mol. The highest BCUT2D eigenvalue weighted by Gasteiger charge is 2.54. The van der Waals surface area contributed by atoms with Crippen molar-refractivity contribution in [3.8, 4) is 5.75 Å². The van der Waals surface area contributed by atoms with Crippen LogP contribution in [0.25, 0.3) is 0 Å². The lowest BCUT2D eigenvalue weighted by Crippen LogP contribution is -2.66. The number of hydrogen-bond donors (Lipinski definition) is 0. The fraction of sp³-hybridized carbons (Fsp3) is 0.650. The first-order valence-corrected chi connectivity index (χ1v) is 9.83. The molecule has 1 aromatic rings. The van der Waals surface area contributed by atoms with Gasteiger partial charge < -0.3 is 19.1 Å². The van der Waals surface area contributed by atoms with Gasteiger partial charge in [0.15, 0.2) is 0 Å². The van der Waals surface area contributed by atoms with Gasteiger partial charge in [-0.25, -0.2) is 0 Å². The van der Waals surface area contributed by atoms with Crippen LogP contribution in [0.5, 0.6) is 5.75 Å². The molecule has 0 N–H and O–H groups in total. The van der Waals surface area contributed by atoms with Crippen LogP contribution in [0.4, 0.5) is 0 Å². The predicted molar refractivity (Wildman–Crippen MR) is 98.9 cm³/mol. The number of ether oxygens (including phenoxy) is 3. The number of nitrogens with zero attached hydrogens (tertiary/aromatic N) is 1. The molecule has 4 rings (SSSR count). The summed E-state index contributed by atoms with van der Waals surface area (Å²) >= 11 is 6.22. The highest BCUT2D eigenvalue weighted by Crippen LogP contribution is 2.42. The van der Waals surface area contributed by atoms with E-state index < -0.39 is 0 Å². The van der Waals surface area contributed by atoms with Crippen molar-refractivity contribution in [3.63, 3.8) is 0 Å². The number of hydrogen-bond acceptors (Lipinski definition) is 4. The van der Waals surface area contributed by atoms with Crippen molar-refractivity contribution < 1.29 is 19.0 Å². The predicted octanol–water partition coefficient (Wildman–Crippen LogP) is 3.40. The van der Waals surface area contributed by atoms with Crippen LogP contribution in [0.2, 0.25) is 5.02 Å². The zero-order valence-corrected chi connectivity index (χ0v) is 16.0. The van der Waals surface area contributed by atoms with Crippen LogP contribution in [0.15, 0.2) is 18.2 Å². The second kappa shape index (κ2) is 7.37. The molecule has 142 valence electrons. The van der Waals surface area contributed by atoms with E-state index in [4.69, 9.17) is 25.8 Å². The van der Waals surface area contributed by atoms with Crippen LogP contribution in [0.1, 0.15) is 36.0 Å². The zero-order valence-electron chi connectivity index (χ0n) is 15.2. The van der Waals surface area contributed by atoms with E-state index in [9.17, 15) is 4.79 Å². The minimum absolute atomic E-state index is 0.0567. The quantitative estimate of drug-likeness (QED) is 0.681. The topological polar surface area (TPSA) is 48.0 Å². The van der Waals surface area contributed by atoms with Crippen LogP contribution in [0.3, 0.4) is 0 Å². The van der Waals surface area contributed by atoms with Crippen molar-refractivity contribution >= 4 is 17.5 Å². The first-order chi connectivity index (χ1) is 12.6. The van der Waals surface area contributed by atoms with Crippen molar-refractivity contribution in [2.75, 3.05) is 40.0 Å². The lowest BCUT2D eigenvalue weighted by Gasteiger charge is -2.50. The van der Waals surface area contributed by atoms with Gasteiger partial charge in [-0.15, -0.1) is 0 Å². The van der Waals surface area contributed by atoms with E-state index in [0.717, 1.165) is 38.6 Å². The van der Waals surface area contributed by atoms with E-state index >= 15 is 0 Å². The Balaban J connectivity index is 1.33. The Morgan fingerprint density at radius 2 is 2.15 bits per heavy atom. The summed E-state index contributed by atoms with van der Waals surface area (Å²) in [6, 6.07) is 5.16. The summed E-state index contributed by atoms with van der Waals surface area (Å²) in [5.41, 5.74) is 0.299. The maximum atomic E-state index is 12.8. The van der Waals surface area contributed by atoms with Crippen molar-refractivity contribution in [3.05, 3.63) is 28.8 Å². The molecular formula is C20H26ClNO4. The SMILES string of the molecule is COc1ccc(Cl)c(C(=O)N2CC3(C2)OCC[C@@H]3CCOCC2CC2)c1. The Labute approximate surface area is 159 Å². The van der Waals surface area contributed by atoms with E-state index in [1.54, 1.807) is 25.3 Å². The average Bonchev–Trinajstić information content (AvgIpc) is 3.34. The third kappa shape index (κ3) is 3.57. The minimum Gasteiger partial charge on any atom is -0.497 e. The largest absolute Gasteiger partial charge is 0.497 e. The molecule has 1 amide bonds. The molecule has 1 atom stereocenters. The number of amides is 1. The molecule has 1 aromatic carbocycles. The first-order valence-electron chi connectivity index (χ1n) is 9.46. The molecule has 2 saturated heterocycles. The highest BCUT2D eigenvalue weighted by molar-refractivity contribution is 6.33. The van der Waals surface area contributed by atoms with Crippen LogP contribution in [0, 0.1) is 11.8 Å². The smallest absolute Gasteiger partial charge is 0.255 e. The standard InChI is InChI=1S/C20H26ClNO4/c1-24-16-4-5-18(21)17(10-16)19(23)22-12-20(13-22)15(7-9-26-20)6-8-25-11-14-2-3-14/h4-5,10,14-15H,2-3,6-9,11-13H2,1H3/t15-/m0/s1. The van der Waals surface area contributed by atoms with Gasteiger partial charge in [0, 0.05) is 19.8 Å². The second-order valence-corrected chi connectivity index (χ2v) is 8.12. The maximum Gasteiger partial charge on any atom is 0.255 e. The molecule has 26 heavy (non-hydrogen) atoms. The zero-order chi connectivity index (χ0) is 18.1. The molecule has 2 heterocycles. The van der Waals surface area contributed by atoms with E-state index in [-0.39, 0.29) is 11.5 Å². The summed E-state index contributed by atoms with van der Waals surface area (Å²) in [7, 11) is 1.58. The van der Waals surface area contributed by atoms with E-state index in [2.05, 4.69) is 0 Å². The van der Waals surface area contributed by atoms with Crippen molar-refractivity contribution in [1.82, 2.24) is 4.90 Å². The van der Waals surface area contributed by atoms with Crippen molar-refractivity contribution in [2.45, 2.75) is 31.3 Å². The maximum absolute atomic E-state index is 12.8. The summed E-state index contributed by atoms with van der Waals surface area (Å²) in [5, 5.41) is 0.453. The van der Waals surface area contributed by atoms with E-state index in [1.165, 1.54) is 12.8 Å². The Morgan fingerprint density at radius 3 is 2.88 bits per heavy atom. The van der Waals surface area contributed by atoms with Crippen LogP contribution < -0.4 is 4.74 Å². The minimum atomic E-state index is -0.191. The Morgan fingerprint density at radius 1 is 1.35 bits per heavy atom. The molecule has 3 aliphatic rings. The van der Waals surface area contributed by atoms with Gasteiger partial charge in [0.1, 0.15) is 11.4 Å². The molecule has 5 nitrogen and oxygen atoms in total. The Kier molecular flexibility index (Phi) is 5.13. The van der Waals surface area contributed by atoms with Gasteiger partial charge in [0.2, 0.25) is 0 Å². The van der Waals surface area contributed by atoms with E-state index in [1.807, 2.05) is 4.90 Å². The fourth-order valence-electron chi connectivity index (χ4n) is 4.01. The summed E-state index contributed by atoms with van der Waals surface area (Å²) < 4.78 is 17.1. The van der Waals surface area contributed by atoms with Gasteiger partial charge in [-0.2, -0.15) is 0 Å². The monoisotopic (exact) mass is 379 g/mol. The van der Waals surface area contributed by atoms with Gasteiger partial charge >= 0.3 is 0 Å². The second-order valence-electron chi connectivity index (χ2n) is 7.71. The van der Waals surface area contributed by atoms with E-state index in [0.29, 0.717) is 35.3 Å². The van der Waals surface area contributed by atoms with Crippen molar-refractivity contribution in [1.29, 1.82) is 0 Å². The van der Waals surface area contributed by atoms with Gasteiger partial charge in [-0.1, -0.05) is 11.6 Å². The summed E-state index contributed by atoms with van der Waals surface area (Å²) in [4.78, 5) is 14.6. The van der Waals surface area contributed by atoms with Crippen molar-refractivity contribution in [2.24, 2.45) is 11.8 Å². The lowest BCUT2D eigenvalue weighted by atomic mass is 9.79. The van der Waals surface area contributed by atoms with Crippen LogP contribution in [-0.2, 0) is 9.47 Å². The molecule has 1 spiro atoms. The van der Waals surface area contributed by atoms with Crippen LogP contribution in [-0.4, -0.2) is 56.4 Å². The third-order valence-electron chi connectivity index (χ3n) is 5.87. The molecular weight excluding hydrogens is 354 g/mol. The third-order valence-corrected chi connectivity index (χ3v) is 6.20. The molecule has 2 aliphatic heterocycles. The molecule has 1 aliphatic carbocycles. The summed E-state index contributed by atoms with van der Waals surface area (Å²) in [5.74, 6) is 1.84. The van der Waals surface area contributed by atoms with Gasteiger partial charge in [-0.05, 0) is 55.7 Å². The lowest BCUT2D eigenvalue weighted by molar-refractivity contribution is -0.120. The molecule has 0 radical (unpaired) electrons. The number of halogens is 1. The number of methoxy groups -OCH3 is 1. The molecule has 1 saturated carbocycles. The summed E-state index contributed by atoms with van der Waals surface area (Å²) in [6.45, 7) is 3.73. The first kappa shape index (κ1) is 18.1. The van der Waals surface area contributed by atoms with Crippen LogP contribution >= 0.6 is 11.6 Å². The Hall–Kier alpha value is -1.30. The van der Waals surface area contributed by atoms with Gasteiger partial charge in [0.05, 0.1) is 30.8 Å². The molecule has 0 unspecified atom stereocenters. The van der Waals surface area contributed by atoms with Gasteiger partial charge in [0.25, 0.3) is 5.91 Å².